The smallest absolute Gasteiger partial charge is 0.356 e. The van der Waals surface area contributed by atoms with E-state index in [0.717, 1.165) is 38.2 Å². The molecule has 0 aliphatic carbocycles. The second-order valence-corrected chi connectivity index (χ2v) is 5.62. The number of carbonyl (C=O) groups is 1. The fourth-order valence-electron chi connectivity index (χ4n) is 2.60. The average Bonchev–Trinajstić information content (AvgIpc) is 2.96. The van der Waals surface area contributed by atoms with E-state index in [4.69, 9.17) is 0 Å². The zero-order chi connectivity index (χ0) is 16.0. The summed E-state index contributed by atoms with van der Waals surface area (Å²) in [5, 5.41) is 2.81. The third-order valence-electron chi connectivity index (χ3n) is 3.82. The van der Waals surface area contributed by atoms with Crippen molar-refractivity contribution < 1.29 is 18.0 Å². The highest BCUT2D eigenvalue weighted by atomic mass is 19.4. The van der Waals surface area contributed by atoms with Gasteiger partial charge in [0.25, 0.3) is 0 Å². The number of halogens is 3. The Morgan fingerprint density at radius 1 is 1.14 bits per heavy atom. The molecule has 1 N–H and O–H groups in total. The quantitative estimate of drug-likeness (QED) is 0.819. The number of rotatable bonds is 6. The SMILES string of the molecule is O=C(Cc1ccc(C(F)(F)F)cc1)NCCCN1CCCC1. The Morgan fingerprint density at radius 2 is 1.77 bits per heavy atom. The summed E-state index contributed by atoms with van der Waals surface area (Å²) in [4.78, 5) is 14.1. The van der Waals surface area contributed by atoms with Crippen molar-refractivity contribution in [3.63, 3.8) is 0 Å². The van der Waals surface area contributed by atoms with Gasteiger partial charge in [0.1, 0.15) is 0 Å². The number of likely N-dealkylation sites (tertiary alicyclic amines) is 1. The molecule has 1 aliphatic rings. The second-order valence-electron chi connectivity index (χ2n) is 5.62. The van der Waals surface area contributed by atoms with Gasteiger partial charge in [-0.05, 0) is 56.6 Å². The summed E-state index contributed by atoms with van der Waals surface area (Å²) in [5.74, 6) is -0.152. The van der Waals surface area contributed by atoms with Crippen LogP contribution in [0.3, 0.4) is 0 Å². The summed E-state index contributed by atoms with van der Waals surface area (Å²) in [5.41, 5.74) is -0.104. The first-order chi connectivity index (χ1) is 10.4. The molecular weight excluding hydrogens is 293 g/mol. The Balaban J connectivity index is 1.68. The van der Waals surface area contributed by atoms with Crippen LogP contribution in [0.2, 0.25) is 0 Å². The highest BCUT2D eigenvalue weighted by Gasteiger charge is 2.29. The predicted molar refractivity (Wildman–Crippen MR) is 78.4 cm³/mol. The van der Waals surface area contributed by atoms with Crippen molar-refractivity contribution in [1.29, 1.82) is 0 Å². The fourth-order valence-corrected chi connectivity index (χ4v) is 2.60. The fraction of sp³-hybridized carbons (Fsp3) is 0.562. The van der Waals surface area contributed by atoms with Crippen LogP contribution in [0.5, 0.6) is 0 Å². The summed E-state index contributed by atoms with van der Waals surface area (Å²) in [6, 6.07) is 4.73. The standard InChI is InChI=1S/C16H21F3N2O/c17-16(18,19)14-6-4-13(5-7-14)12-15(22)20-8-3-11-21-9-1-2-10-21/h4-7H,1-3,8-12H2,(H,20,22). The Kier molecular flexibility index (Phi) is 5.83. The molecule has 1 aliphatic heterocycles. The van der Waals surface area contributed by atoms with Crippen molar-refractivity contribution in [3.8, 4) is 0 Å². The van der Waals surface area contributed by atoms with E-state index in [0.29, 0.717) is 12.1 Å². The largest absolute Gasteiger partial charge is 0.416 e. The molecule has 1 aromatic carbocycles. The van der Waals surface area contributed by atoms with E-state index in [9.17, 15) is 18.0 Å². The van der Waals surface area contributed by atoms with Crippen LogP contribution in [0.4, 0.5) is 13.2 Å². The molecule has 0 spiro atoms. The summed E-state index contributed by atoms with van der Waals surface area (Å²) >= 11 is 0. The van der Waals surface area contributed by atoms with Crippen molar-refractivity contribution in [2.75, 3.05) is 26.2 Å². The van der Waals surface area contributed by atoms with Gasteiger partial charge in [-0.15, -0.1) is 0 Å². The van der Waals surface area contributed by atoms with Crippen LogP contribution < -0.4 is 5.32 Å². The van der Waals surface area contributed by atoms with Gasteiger partial charge in [-0.1, -0.05) is 12.1 Å². The van der Waals surface area contributed by atoms with Gasteiger partial charge in [0, 0.05) is 6.54 Å². The maximum absolute atomic E-state index is 12.4. The minimum Gasteiger partial charge on any atom is -0.356 e. The molecule has 1 heterocycles. The van der Waals surface area contributed by atoms with Gasteiger partial charge in [0.15, 0.2) is 0 Å². The minimum atomic E-state index is -4.34. The van der Waals surface area contributed by atoms with E-state index in [-0.39, 0.29) is 12.3 Å². The second kappa shape index (κ2) is 7.63. The van der Waals surface area contributed by atoms with Gasteiger partial charge >= 0.3 is 6.18 Å². The zero-order valence-corrected chi connectivity index (χ0v) is 12.5. The van der Waals surface area contributed by atoms with Crippen molar-refractivity contribution in [3.05, 3.63) is 35.4 Å². The maximum atomic E-state index is 12.4. The van der Waals surface area contributed by atoms with Gasteiger partial charge in [-0.25, -0.2) is 0 Å². The first-order valence-electron chi connectivity index (χ1n) is 7.60. The molecule has 0 aromatic heterocycles. The number of hydrogen-bond donors (Lipinski definition) is 1. The zero-order valence-electron chi connectivity index (χ0n) is 12.5. The molecule has 1 aromatic rings. The third-order valence-corrected chi connectivity index (χ3v) is 3.82. The lowest BCUT2D eigenvalue weighted by Crippen LogP contribution is -2.29. The van der Waals surface area contributed by atoms with Gasteiger partial charge < -0.3 is 10.2 Å². The van der Waals surface area contributed by atoms with E-state index >= 15 is 0 Å². The summed E-state index contributed by atoms with van der Waals surface area (Å²) < 4.78 is 37.3. The number of alkyl halides is 3. The highest BCUT2D eigenvalue weighted by Crippen LogP contribution is 2.29. The van der Waals surface area contributed by atoms with Crippen molar-refractivity contribution in [1.82, 2.24) is 10.2 Å². The highest BCUT2D eigenvalue weighted by molar-refractivity contribution is 5.78. The molecule has 122 valence electrons. The monoisotopic (exact) mass is 314 g/mol. The summed E-state index contributed by atoms with van der Waals surface area (Å²) in [6.07, 6.45) is -0.822. The Morgan fingerprint density at radius 3 is 2.36 bits per heavy atom. The van der Waals surface area contributed by atoms with Crippen LogP contribution in [-0.2, 0) is 17.4 Å². The molecule has 0 bridgehead atoms. The first kappa shape index (κ1) is 16.8. The molecule has 3 nitrogen and oxygen atoms in total. The molecule has 0 unspecified atom stereocenters. The molecule has 6 heteroatoms. The molecule has 1 fully saturated rings. The van der Waals surface area contributed by atoms with Crippen LogP contribution in [0.25, 0.3) is 0 Å². The Bertz CT molecular complexity index is 479. The van der Waals surface area contributed by atoms with Crippen LogP contribution in [0.1, 0.15) is 30.4 Å². The maximum Gasteiger partial charge on any atom is 0.416 e. The van der Waals surface area contributed by atoms with Crippen molar-refractivity contribution in [2.24, 2.45) is 0 Å². The molecule has 0 radical (unpaired) electrons. The van der Waals surface area contributed by atoms with Gasteiger partial charge in [-0.2, -0.15) is 13.2 Å². The van der Waals surface area contributed by atoms with Crippen LogP contribution in [0.15, 0.2) is 24.3 Å². The van der Waals surface area contributed by atoms with Crippen LogP contribution in [-0.4, -0.2) is 37.0 Å². The molecule has 2 rings (SSSR count). The molecule has 22 heavy (non-hydrogen) atoms. The van der Waals surface area contributed by atoms with Crippen LogP contribution in [0, 0.1) is 0 Å². The lowest BCUT2D eigenvalue weighted by atomic mass is 10.1. The average molecular weight is 314 g/mol. The molecule has 1 saturated heterocycles. The minimum absolute atomic E-state index is 0.113. The summed E-state index contributed by atoms with van der Waals surface area (Å²) in [6.45, 7) is 3.87. The topological polar surface area (TPSA) is 32.3 Å². The van der Waals surface area contributed by atoms with E-state index in [1.807, 2.05) is 0 Å². The number of amides is 1. The molecular formula is C16H21F3N2O. The number of benzene rings is 1. The third kappa shape index (κ3) is 5.33. The molecule has 1 amide bonds. The van der Waals surface area contributed by atoms with E-state index in [2.05, 4.69) is 10.2 Å². The lowest BCUT2D eigenvalue weighted by molar-refractivity contribution is -0.137. The summed E-state index contributed by atoms with van der Waals surface area (Å²) in [7, 11) is 0. The number of hydrogen-bond acceptors (Lipinski definition) is 2. The predicted octanol–water partition coefficient (Wildman–Crippen LogP) is 2.85. The normalized spacial score (nSPS) is 16.0. The van der Waals surface area contributed by atoms with Crippen LogP contribution >= 0.6 is 0 Å². The number of carbonyl (C=O) groups excluding carboxylic acids is 1. The van der Waals surface area contributed by atoms with Gasteiger partial charge in [-0.3, -0.25) is 4.79 Å². The molecule has 0 saturated carbocycles. The van der Waals surface area contributed by atoms with Gasteiger partial charge in [0.2, 0.25) is 5.91 Å². The number of nitrogens with zero attached hydrogens (tertiary/aromatic N) is 1. The van der Waals surface area contributed by atoms with E-state index < -0.39 is 11.7 Å². The lowest BCUT2D eigenvalue weighted by Gasteiger charge is -2.14. The van der Waals surface area contributed by atoms with E-state index in [1.165, 1.54) is 25.0 Å². The Labute approximate surface area is 128 Å². The first-order valence-corrected chi connectivity index (χ1v) is 7.60. The van der Waals surface area contributed by atoms with Gasteiger partial charge in [0.05, 0.1) is 12.0 Å². The van der Waals surface area contributed by atoms with E-state index in [1.54, 1.807) is 0 Å². The molecule has 0 atom stereocenters. The number of nitrogens with one attached hydrogen (secondary N) is 1. The van der Waals surface area contributed by atoms with Crippen molar-refractivity contribution >= 4 is 5.91 Å². The Hall–Kier alpha value is -1.56. The van der Waals surface area contributed by atoms with Crippen molar-refractivity contribution in [2.45, 2.75) is 31.9 Å².